The van der Waals surface area contributed by atoms with E-state index in [1.807, 2.05) is 18.2 Å². The number of rotatable bonds is 4. The fraction of sp³-hybridized carbons (Fsp3) is 0.238. The Kier molecular flexibility index (Phi) is 5.02. The normalized spacial score (nSPS) is 16.4. The molecule has 3 aromatic rings. The Balaban J connectivity index is 1.53. The molecule has 4 rings (SSSR count). The Labute approximate surface area is 163 Å². The molecule has 0 spiro atoms. The summed E-state index contributed by atoms with van der Waals surface area (Å²) in [6, 6.07) is 14.9. The summed E-state index contributed by atoms with van der Waals surface area (Å²) in [5.74, 6) is 0.715. The van der Waals surface area contributed by atoms with Crippen LogP contribution in [0.15, 0.2) is 54.9 Å². The van der Waals surface area contributed by atoms with Crippen molar-refractivity contribution in [3.63, 3.8) is 0 Å². The highest BCUT2D eigenvalue weighted by atomic mass is 16.1. The van der Waals surface area contributed by atoms with E-state index in [2.05, 4.69) is 31.5 Å². The van der Waals surface area contributed by atoms with Crippen molar-refractivity contribution in [3.05, 3.63) is 71.7 Å². The van der Waals surface area contributed by atoms with Crippen LogP contribution < -0.4 is 10.2 Å². The van der Waals surface area contributed by atoms with Crippen LogP contribution in [-0.2, 0) is 0 Å². The number of nitrogens with zero attached hydrogens (tertiary/aromatic N) is 4. The van der Waals surface area contributed by atoms with Gasteiger partial charge in [0.1, 0.15) is 11.9 Å². The SMILES string of the molecule is N#Cc1cccnc1N1CCC[C@H](c2[nH]ncc2NC(=O)c2ccccc2)C1. The number of anilines is 2. The summed E-state index contributed by atoms with van der Waals surface area (Å²) in [6.07, 6.45) is 5.30. The number of H-pyrrole nitrogens is 1. The van der Waals surface area contributed by atoms with E-state index in [1.165, 1.54) is 0 Å². The van der Waals surface area contributed by atoms with Crippen LogP contribution in [0.5, 0.6) is 0 Å². The molecule has 2 N–H and O–H groups in total. The van der Waals surface area contributed by atoms with E-state index < -0.39 is 0 Å². The summed E-state index contributed by atoms with van der Waals surface area (Å²) in [5, 5.41) is 19.5. The Morgan fingerprint density at radius 2 is 2.11 bits per heavy atom. The minimum Gasteiger partial charge on any atom is -0.355 e. The largest absolute Gasteiger partial charge is 0.355 e. The average Bonchev–Trinajstić information content (AvgIpc) is 3.22. The van der Waals surface area contributed by atoms with Crippen LogP contribution in [-0.4, -0.2) is 34.2 Å². The van der Waals surface area contributed by atoms with E-state index in [0.29, 0.717) is 29.2 Å². The van der Waals surface area contributed by atoms with Gasteiger partial charge in [0.25, 0.3) is 5.91 Å². The number of nitriles is 1. The molecule has 1 fully saturated rings. The average molecular weight is 372 g/mol. The van der Waals surface area contributed by atoms with Crippen LogP contribution >= 0.6 is 0 Å². The number of piperidine rings is 1. The minimum atomic E-state index is -0.160. The molecule has 1 amide bonds. The van der Waals surface area contributed by atoms with Crippen LogP contribution in [0.25, 0.3) is 0 Å². The summed E-state index contributed by atoms with van der Waals surface area (Å²) in [4.78, 5) is 19.0. The van der Waals surface area contributed by atoms with Crippen molar-refractivity contribution in [1.82, 2.24) is 15.2 Å². The van der Waals surface area contributed by atoms with Gasteiger partial charge in [-0.3, -0.25) is 9.89 Å². The van der Waals surface area contributed by atoms with E-state index >= 15 is 0 Å². The molecule has 0 saturated carbocycles. The molecular weight excluding hydrogens is 352 g/mol. The fourth-order valence-corrected chi connectivity index (χ4v) is 3.63. The van der Waals surface area contributed by atoms with Gasteiger partial charge >= 0.3 is 0 Å². The lowest BCUT2D eigenvalue weighted by Gasteiger charge is -2.33. The second-order valence-electron chi connectivity index (χ2n) is 6.79. The predicted molar refractivity (Wildman–Crippen MR) is 106 cm³/mol. The van der Waals surface area contributed by atoms with Gasteiger partial charge in [0, 0.05) is 30.8 Å². The molecule has 1 aliphatic rings. The molecule has 1 aromatic carbocycles. The third-order valence-electron chi connectivity index (χ3n) is 4.99. The Morgan fingerprint density at radius 1 is 1.25 bits per heavy atom. The number of aromatic amines is 1. The van der Waals surface area contributed by atoms with Crippen molar-refractivity contribution in [2.75, 3.05) is 23.3 Å². The van der Waals surface area contributed by atoms with Crippen LogP contribution in [0.3, 0.4) is 0 Å². The standard InChI is InChI=1S/C21H20N6O/c22-12-16-8-4-10-23-20(16)27-11-5-9-17(14-27)19-18(13-24-26-19)25-21(28)15-6-2-1-3-7-15/h1-4,6-8,10,13,17H,5,9,11,14H2,(H,24,26)(H,25,28)/t17-/m0/s1. The Bertz CT molecular complexity index is 1010. The molecule has 2 aromatic heterocycles. The maximum Gasteiger partial charge on any atom is 0.255 e. The summed E-state index contributed by atoms with van der Waals surface area (Å²) in [5.41, 5.74) is 2.78. The van der Waals surface area contributed by atoms with Gasteiger partial charge in [0.05, 0.1) is 23.1 Å². The number of carbonyl (C=O) groups excluding carboxylic acids is 1. The van der Waals surface area contributed by atoms with Crippen molar-refractivity contribution in [3.8, 4) is 6.07 Å². The van der Waals surface area contributed by atoms with E-state index in [9.17, 15) is 10.1 Å². The van der Waals surface area contributed by atoms with Crippen LogP contribution in [0, 0.1) is 11.3 Å². The van der Waals surface area contributed by atoms with E-state index in [4.69, 9.17) is 0 Å². The fourth-order valence-electron chi connectivity index (χ4n) is 3.63. The topological polar surface area (TPSA) is 97.7 Å². The highest BCUT2D eigenvalue weighted by Crippen LogP contribution is 2.33. The lowest BCUT2D eigenvalue weighted by atomic mass is 9.93. The van der Waals surface area contributed by atoms with Gasteiger partial charge in [0.15, 0.2) is 0 Å². The second kappa shape index (κ2) is 7.92. The molecule has 1 atom stereocenters. The summed E-state index contributed by atoms with van der Waals surface area (Å²) < 4.78 is 0. The third kappa shape index (κ3) is 3.58. The first kappa shape index (κ1) is 17.7. The van der Waals surface area contributed by atoms with Gasteiger partial charge in [-0.25, -0.2) is 4.98 Å². The quantitative estimate of drug-likeness (QED) is 0.732. The first-order chi connectivity index (χ1) is 13.8. The number of pyridine rings is 1. The first-order valence-corrected chi connectivity index (χ1v) is 9.26. The van der Waals surface area contributed by atoms with Crippen molar-refractivity contribution in [2.24, 2.45) is 0 Å². The molecule has 28 heavy (non-hydrogen) atoms. The molecule has 0 radical (unpaired) electrons. The minimum absolute atomic E-state index is 0.160. The first-order valence-electron chi connectivity index (χ1n) is 9.26. The van der Waals surface area contributed by atoms with E-state index in [1.54, 1.807) is 36.7 Å². The van der Waals surface area contributed by atoms with Crippen molar-refractivity contribution < 1.29 is 4.79 Å². The number of amides is 1. The lowest BCUT2D eigenvalue weighted by molar-refractivity contribution is 0.102. The molecule has 1 saturated heterocycles. The van der Waals surface area contributed by atoms with Gasteiger partial charge in [-0.15, -0.1) is 0 Å². The summed E-state index contributed by atoms with van der Waals surface area (Å²) in [7, 11) is 0. The molecule has 7 heteroatoms. The summed E-state index contributed by atoms with van der Waals surface area (Å²) >= 11 is 0. The zero-order valence-electron chi connectivity index (χ0n) is 15.3. The van der Waals surface area contributed by atoms with Crippen molar-refractivity contribution in [2.45, 2.75) is 18.8 Å². The molecule has 140 valence electrons. The second-order valence-corrected chi connectivity index (χ2v) is 6.79. The van der Waals surface area contributed by atoms with Gasteiger partial charge in [-0.2, -0.15) is 10.4 Å². The summed E-state index contributed by atoms with van der Waals surface area (Å²) in [6.45, 7) is 1.56. The molecule has 1 aliphatic heterocycles. The van der Waals surface area contributed by atoms with Gasteiger partial charge in [0.2, 0.25) is 0 Å². The highest BCUT2D eigenvalue weighted by Gasteiger charge is 2.27. The lowest BCUT2D eigenvalue weighted by Crippen LogP contribution is -2.35. The van der Waals surface area contributed by atoms with Crippen molar-refractivity contribution >= 4 is 17.4 Å². The van der Waals surface area contributed by atoms with Crippen LogP contribution in [0.4, 0.5) is 11.5 Å². The maximum atomic E-state index is 12.5. The Hall–Kier alpha value is -3.66. The number of aromatic nitrogens is 3. The highest BCUT2D eigenvalue weighted by molar-refractivity contribution is 6.04. The monoisotopic (exact) mass is 372 g/mol. The number of carbonyl (C=O) groups is 1. The third-order valence-corrected chi connectivity index (χ3v) is 4.99. The van der Waals surface area contributed by atoms with Crippen molar-refractivity contribution in [1.29, 1.82) is 5.26 Å². The smallest absolute Gasteiger partial charge is 0.255 e. The van der Waals surface area contributed by atoms with E-state index in [0.717, 1.165) is 25.1 Å². The van der Waals surface area contributed by atoms with E-state index in [-0.39, 0.29) is 11.8 Å². The maximum absolute atomic E-state index is 12.5. The molecule has 0 unspecified atom stereocenters. The van der Waals surface area contributed by atoms with Crippen LogP contribution in [0.1, 0.15) is 40.4 Å². The predicted octanol–water partition coefficient (Wildman–Crippen LogP) is 3.31. The van der Waals surface area contributed by atoms with Crippen LogP contribution in [0.2, 0.25) is 0 Å². The zero-order chi connectivity index (χ0) is 19.3. The van der Waals surface area contributed by atoms with Gasteiger partial charge in [-0.05, 0) is 37.1 Å². The molecule has 0 bridgehead atoms. The van der Waals surface area contributed by atoms with Gasteiger partial charge in [-0.1, -0.05) is 18.2 Å². The Morgan fingerprint density at radius 3 is 2.93 bits per heavy atom. The number of hydrogen-bond donors (Lipinski definition) is 2. The number of benzene rings is 1. The molecule has 7 nitrogen and oxygen atoms in total. The molecule has 0 aliphatic carbocycles. The molecule has 3 heterocycles. The van der Waals surface area contributed by atoms with Gasteiger partial charge < -0.3 is 10.2 Å². The molecular formula is C21H20N6O. The number of hydrogen-bond acceptors (Lipinski definition) is 5. The number of nitrogens with one attached hydrogen (secondary N) is 2. The zero-order valence-corrected chi connectivity index (χ0v) is 15.3.